The largest absolute Gasteiger partial charge is 0.519 e. The van der Waals surface area contributed by atoms with Crippen LogP contribution in [0.5, 0.6) is 11.5 Å². The summed E-state index contributed by atoms with van der Waals surface area (Å²) < 4.78 is 11.4. The summed E-state index contributed by atoms with van der Waals surface area (Å²) in [5.74, 6) is 2.40. The molecule has 0 heterocycles. The Kier molecular flexibility index (Phi) is 13.8. The van der Waals surface area contributed by atoms with E-state index in [0.717, 1.165) is 37.6 Å². The monoisotopic (exact) mass is 446 g/mol. The van der Waals surface area contributed by atoms with Crippen molar-refractivity contribution in [1.82, 2.24) is 0 Å². The molecule has 4 heteroatoms. The van der Waals surface area contributed by atoms with Gasteiger partial charge in [0.1, 0.15) is 0 Å². The van der Waals surface area contributed by atoms with Crippen molar-refractivity contribution in [3.8, 4) is 11.5 Å². The van der Waals surface area contributed by atoms with Gasteiger partial charge in [0.25, 0.3) is 0 Å². The Labute approximate surface area is 184 Å². The molecule has 0 amide bonds. The van der Waals surface area contributed by atoms with Gasteiger partial charge in [-0.1, -0.05) is 6.92 Å². The average Bonchev–Trinajstić information content (AvgIpc) is 2.49. The molecule has 0 N–H and O–H groups in total. The molecule has 0 aliphatic heterocycles. The minimum atomic E-state index is 0. The number of hydrogen-bond acceptors (Lipinski definition) is 2. The molecule has 0 saturated heterocycles. The van der Waals surface area contributed by atoms with Crippen LogP contribution >= 0.6 is 0 Å². The third kappa shape index (κ3) is 9.40. The Hall–Kier alpha value is 0.248. The summed E-state index contributed by atoms with van der Waals surface area (Å²) in [6.07, 6.45) is 2.06. The maximum atomic E-state index is 5.68. The van der Waals surface area contributed by atoms with Gasteiger partial charge in [0.15, 0.2) is 0 Å². The van der Waals surface area contributed by atoms with Gasteiger partial charge in [-0.25, -0.2) is 0 Å². The zero-order valence-electron chi connectivity index (χ0n) is 13.0. The number of rotatable bonds is 8. The zero-order chi connectivity index (χ0) is 14.0. The van der Waals surface area contributed by atoms with Crippen molar-refractivity contribution in [3.05, 3.63) is 60.7 Å². The van der Waals surface area contributed by atoms with Crippen LogP contribution in [-0.2, 0) is 65.4 Å². The van der Waals surface area contributed by atoms with E-state index < -0.39 is 0 Å². The molecule has 112 valence electrons. The van der Waals surface area contributed by atoms with E-state index in [1.165, 1.54) is 0 Å². The van der Waals surface area contributed by atoms with Crippen LogP contribution in [0.2, 0.25) is 0 Å². The van der Waals surface area contributed by atoms with Crippen molar-refractivity contribution < 1.29 is 74.9 Å². The van der Waals surface area contributed by atoms with Gasteiger partial charge in [-0.3, -0.25) is 0 Å². The second-order valence-corrected chi connectivity index (χ2v) is 4.85. The number of ether oxygens (including phenoxy) is 2. The summed E-state index contributed by atoms with van der Waals surface area (Å²) in [5.41, 5.74) is 0. The molecule has 0 atom stereocenters. The maximum absolute atomic E-state index is 5.68. The second kappa shape index (κ2) is 13.7. The number of hydrogen-bond donors (Lipinski definition) is 0. The van der Waals surface area contributed by atoms with Gasteiger partial charge in [0, 0.05) is 76.9 Å². The van der Waals surface area contributed by atoms with E-state index in [1.807, 2.05) is 48.5 Å². The summed E-state index contributed by atoms with van der Waals surface area (Å²) in [7, 11) is 0. The molecule has 0 aromatic heterocycles. The van der Waals surface area contributed by atoms with E-state index >= 15 is 0 Å². The fraction of sp³-hybridized carbons (Fsp3) is 0.333. The number of benzene rings is 2. The fourth-order valence-corrected chi connectivity index (χ4v) is 1.84. The van der Waals surface area contributed by atoms with Gasteiger partial charge in [0.2, 0.25) is 0 Å². The van der Waals surface area contributed by atoms with Crippen LogP contribution in [0.15, 0.2) is 48.5 Å². The molecule has 0 unspecified atom stereocenters. The molecule has 22 heavy (non-hydrogen) atoms. The molecular weight excluding hydrogens is 426 g/mol. The van der Waals surface area contributed by atoms with Crippen molar-refractivity contribution in [2.24, 2.45) is 5.92 Å². The van der Waals surface area contributed by atoms with Gasteiger partial charge in [-0.05, 0) is 18.8 Å². The molecular formula is C18H20O2Y2-2. The first-order valence-corrected chi connectivity index (χ1v) is 7.02. The standard InChI is InChI=1S/C18H20O2.2Y/c1-16(12-14-19-17-8-4-2-5-9-17)13-15-20-18-10-6-3-7-11-18;;/h4-11,16H,12-15H2,1H3;;/q-2;;. The van der Waals surface area contributed by atoms with Crippen molar-refractivity contribution in [1.29, 1.82) is 0 Å². The Morgan fingerprint density at radius 3 is 1.50 bits per heavy atom. The van der Waals surface area contributed by atoms with E-state index in [9.17, 15) is 0 Å². The second-order valence-electron chi connectivity index (χ2n) is 4.85. The van der Waals surface area contributed by atoms with Crippen LogP contribution in [0, 0.1) is 18.1 Å². The summed E-state index contributed by atoms with van der Waals surface area (Å²) in [5, 5.41) is 0. The van der Waals surface area contributed by atoms with Crippen LogP contribution in [-0.4, -0.2) is 13.2 Å². The molecule has 2 aromatic rings. The Morgan fingerprint density at radius 2 is 1.14 bits per heavy atom. The molecule has 2 aromatic carbocycles. The SMILES string of the molecule is CC(CCOc1cc[c-]cc1)CCOc1cc[c-]cc1.[Y].[Y]. The van der Waals surface area contributed by atoms with Crippen LogP contribution in [0.4, 0.5) is 0 Å². The Morgan fingerprint density at radius 1 is 0.773 bits per heavy atom. The predicted octanol–water partition coefficient (Wildman–Crippen LogP) is 4.16. The van der Waals surface area contributed by atoms with Gasteiger partial charge < -0.3 is 9.47 Å². The van der Waals surface area contributed by atoms with Crippen LogP contribution in [0.1, 0.15) is 19.8 Å². The Bertz CT molecular complexity index is 431. The van der Waals surface area contributed by atoms with Gasteiger partial charge >= 0.3 is 0 Å². The summed E-state index contributed by atoms with van der Waals surface area (Å²) in [6, 6.07) is 21.1. The summed E-state index contributed by atoms with van der Waals surface area (Å²) in [6.45, 7) is 3.71. The van der Waals surface area contributed by atoms with E-state index in [1.54, 1.807) is 0 Å². The smallest absolute Gasteiger partial charge is 0.0853 e. The Balaban J connectivity index is 0.00000220. The molecule has 2 nitrogen and oxygen atoms in total. The third-order valence-corrected chi connectivity index (χ3v) is 3.13. The molecule has 0 fully saturated rings. The van der Waals surface area contributed by atoms with E-state index in [-0.39, 0.29) is 65.4 Å². The van der Waals surface area contributed by atoms with Gasteiger partial charge in [-0.15, -0.1) is 24.3 Å². The summed E-state index contributed by atoms with van der Waals surface area (Å²) >= 11 is 0. The summed E-state index contributed by atoms with van der Waals surface area (Å²) in [4.78, 5) is 0. The maximum Gasteiger partial charge on any atom is 0.0853 e. The quantitative estimate of drug-likeness (QED) is 0.568. The minimum Gasteiger partial charge on any atom is -0.519 e. The van der Waals surface area contributed by atoms with Gasteiger partial charge in [0.05, 0.1) is 13.2 Å². The van der Waals surface area contributed by atoms with Crippen LogP contribution in [0.25, 0.3) is 0 Å². The first-order valence-electron chi connectivity index (χ1n) is 7.02. The molecule has 0 bridgehead atoms. The van der Waals surface area contributed by atoms with E-state index in [0.29, 0.717) is 5.92 Å². The van der Waals surface area contributed by atoms with Crippen LogP contribution < -0.4 is 9.47 Å². The first kappa shape index (κ1) is 22.2. The zero-order valence-corrected chi connectivity index (χ0v) is 18.7. The van der Waals surface area contributed by atoms with Crippen molar-refractivity contribution in [2.75, 3.05) is 13.2 Å². The van der Waals surface area contributed by atoms with Gasteiger partial charge in [-0.2, -0.15) is 36.4 Å². The normalized spacial score (nSPS) is 9.55. The molecule has 0 spiro atoms. The average molecular weight is 446 g/mol. The molecule has 0 saturated carbocycles. The molecule has 0 aliphatic carbocycles. The van der Waals surface area contributed by atoms with Crippen molar-refractivity contribution >= 4 is 0 Å². The van der Waals surface area contributed by atoms with Crippen molar-refractivity contribution in [2.45, 2.75) is 19.8 Å². The van der Waals surface area contributed by atoms with Crippen molar-refractivity contribution in [3.63, 3.8) is 0 Å². The minimum absolute atomic E-state index is 0. The van der Waals surface area contributed by atoms with E-state index in [4.69, 9.17) is 9.47 Å². The molecule has 0 aliphatic rings. The predicted molar refractivity (Wildman–Crippen MR) is 79.9 cm³/mol. The third-order valence-electron chi connectivity index (χ3n) is 3.13. The molecule has 2 radical (unpaired) electrons. The first-order chi connectivity index (χ1) is 9.84. The van der Waals surface area contributed by atoms with Crippen LogP contribution in [0.3, 0.4) is 0 Å². The fourth-order valence-electron chi connectivity index (χ4n) is 1.84. The van der Waals surface area contributed by atoms with E-state index in [2.05, 4.69) is 19.1 Å². The topological polar surface area (TPSA) is 18.5 Å². The molecule has 2 rings (SSSR count).